The summed E-state index contributed by atoms with van der Waals surface area (Å²) >= 11 is 0. The van der Waals surface area contributed by atoms with Crippen LogP contribution in [-0.2, 0) is 0 Å². The number of hydrogen-bond donors (Lipinski definition) is 2. The van der Waals surface area contributed by atoms with Crippen LogP contribution in [0.1, 0.15) is 18.1 Å². The Bertz CT molecular complexity index is 289. The van der Waals surface area contributed by atoms with E-state index in [4.69, 9.17) is 6.42 Å². The van der Waals surface area contributed by atoms with Crippen molar-refractivity contribution in [2.45, 2.75) is 12.5 Å². The summed E-state index contributed by atoms with van der Waals surface area (Å²) in [5.74, 6) is 2.54. The van der Waals surface area contributed by atoms with Gasteiger partial charge in [-0.05, 0) is 5.56 Å². The summed E-state index contributed by atoms with van der Waals surface area (Å²) in [4.78, 5) is 0. The second-order valence-corrected chi connectivity index (χ2v) is 3.08. The van der Waals surface area contributed by atoms with Crippen LogP contribution in [0, 0.1) is 12.3 Å². The highest BCUT2D eigenvalue weighted by Gasteiger charge is 2.04. The maximum absolute atomic E-state index is 9.71. The molecule has 0 heterocycles. The highest BCUT2D eigenvalue weighted by molar-refractivity contribution is 5.17. The van der Waals surface area contributed by atoms with Gasteiger partial charge in [0.25, 0.3) is 0 Å². The number of rotatable bonds is 5. The first kappa shape index (κ1) is 10.8. The fraction of sp³-hybridized carbons (Fsp3) is 0.333. The normalized spacial score (nSPS) is 12.0. The van der Waals surface area contributed by atoms with Crippen LogP contribution in [0.3, 0.4) is 0 Å². The zero-order chi connectivity index (χ0) is 10.2. The summed E-state index contributed by atoms with van der Waals surface area (Å²) in [6, 6.07) is 9.59. The number of terminal acetylenes is 1. The minimum absolute atomic E-state index is 0.450. The Labute approximate surface area is 85.0 Å². The number of aliphatic hydroxyl groups excluding tert-OH is 1. The highest BCUT2D eigenvalue weighted by atomic mass is 16.3. The molecule has 0 radical (unpaired) electrons. The molecule has 0 aliphatic rings. The standard InChI is InChI=1S/C12H15NO/c1-2-3-9-13-10-12(14)11-7-5-4-6-8-11/h1,4-8,12-14H,3,9-10H2. The number of benzene rings is 1. The molecule has 1 aromatic rings. The first-order valence-corrected chi connectivity index (χ1v) is 4.72. The van der Waals surface area contributed by atoms with Crippen LogP contribution in [0.5, 0.6) is 0 Å². The zero-order valence-electron chi connectivity index (χ0n) is 8.11. The van der Waals surface area contributed by atoms with Gasteiger partial charge >= 0.3 is 0 Å². The highest BCUT2D eigenvalue weighted by Crippen LogP contribution is 2.10. The van der Waals surface area contributed by atoms with Gasteiger partial charge in [0, 0.05) is 19.5 Å². The fourth-order valence-electron chi connectivity index (χ4n) is 1.19. The number of hydrogen-bond acceptors (Lipinski definition) is 2. The van der Waals surface area contributed by atoms with E-state index in [0.29, 0.717) is 13.0 Å². The molecule has 0 amide bonds. The maximum atomic E-state index is 9.71. The zero-order valence-corrected chi connectivity index (χ0v) is 8.11. The number of nitrogens with one attached hydrogen (secondary N) is 1. The molecular weight excluding hydrogens is 174 g/mol. The molecule has 1 aromatic carbocycles. The van der Waals surface area contributed by atoms with E-state index in [1.165, 1.54) is 0 Å². The van der Waals surface area contributed by atoms with Crippen LogP contribution in [0.15, 0.2) is 30.3 Å². The van der Waals surface area contributed by atoms with Gasteiger partial charge in [0.15, 0.2) is 0 Å². The molecule has 0 spiro atoms. The molecule has 74 valence electrons. The topological polar surface area (TPSA) is 32.3 Å². The summed E-state index contributed by atoms with van der Waals surface area (Å²) in [5.41, 5.74) is 0.931. The lowest BCUT2D eigenvalue weighted by atomic mass is 10.1. The third kappa shape index (κ3) is 3.61. The second-order valence-electron chi connectivity index (χ2n) is 3.08. The van der Waals surface area contributed by atoms with Crippen molar-refractivity contribution in [2.24, 2.45) is 0 Å². The quantitative estimate of drug-likeness (QED) is 0.541. The Morgan fingerprint density at radius 1 is 1.36 bits per heavy atom. The molecule has 1 rings (SSSR count). The summed E-state index contributed by atoms with van der Waals surface area (Å²) < 4.78 is 0. The molecule has 0 saturated carbocycles. The fourth-order valence-corrected chi connectivity index (χ4v) is 1.19. The minimum atomic E-state index is -0.450. The summed E-state index contributed by atoms with van der Waals surface area (Å²) in [5, 5.41) is 12.8. The Morgan fingerprint density at radius 3 is 2.71 bits per heavy atom. The van der Waals surface area contributed by atoms with Crippen LogP contribution in [-0.4, -0.2) is 18.2 Å². The minimum Gasteiger partial charge on any atom is -0.387 e. The van der Waals surface area contributed by atoms with E-state index < -0.39 is 6.10 Å². The molecule has 0 fully saturated rings. The first-order chi connectivity index (χ1) is 6.84. The van der Waals surface area contributed by atoms with Gasteiger partial charge in [-0.25, -0.2) is 0 Å². The van der Waals surface area contributed by atoms with Gasteiger partial charge in [0.2, 0.25) is 0 Å². The van der Waals surface area contributed by atoms with Gasteiger partial charge in [0.05, 0.1) is 6.10 Å². The smallest absolute Gasteiger partial charge is 0.0914 e. The molecule has 2 nitrogen and oxygen atoms in total. The van der Waals surface area contributed by atoms with Crippen molar-refractivity contribution < 1.29 is 5.11 Å². The Hall–Kier alpha value is -1.30. The lowest BCUT2D eigenvalue weighted by Gasteiger charge is -2.10. The van der Waals surface area contributed by atoms with E-state index in [0.717, 1.165) is 12.1 Å². The third-order valence-electron chi connectivity index (χ3n) is 1.97. The Morgan fingerprint density at radius 2 is 2.07 bits per heavy atom. The largest absolute Gasteiger partial charge is 0.387 e. The molecule has 0 bridgehead atoms. The molecule has 1 unspecified atom stereocenters. The predicted octanol–water partition coefficient (Wildman–Crippen LogP) is 1.33. The van der Waals surface area contributed by atoms with E-state index in [-0.39, 0.29) is 0 Å². The number of aliphatic hydroxyl groups is 1. The van der Waals surface area contributed by atoms with Gasteiger partial charge in [-0.3, -0.25) is 0 Å². The molecular formula is C12H15NO. The van der Waals surface area contributed by atoms with Crippen molar-refractivity contribution in [1.82, 2.24) is 5.32 Å². The summed E-state index contributed by atoms with van der Waals surface area (Å²) in [6.07, 6.45) is 5.35. The molecule has 2 N–H and O–H groups in total. The average molecular weight is 189 g/mol. The van der Waals surface area contributed by atoms with Gasteiger partial charge < -0.3 is 10.4 Å². The Balaban J connectivity index is 2.29. The van der Waals surface area contributed by atoms with Crippen molar-refractivity contribution in [3.63, 3.8) is 0 Å². The van der Waals surface area contributed by atoms with Crippen LogP contribution in [0.25, 0.3) is 0 Å². The van der Waals surface area contributed by atoms with Crippen molar-refractivity contribution >= 4 is 0 Å². The van der Waals surface area contributed by atoms with E-state index in [1.54, 1.807) is 0 Å². The second kappa shape index (κ2) is 6.20. The van der Waals surface area contributed by atoms with E-state index in [2.05, 4.69) is 11.2 Å². The van der Waals surface area contributed by atoms with E-state index in [1.807, 2.05) is 30.3 Å². The SMILES string of the molecule is C#CCCNCC(O)c1ccccc1. The summed E-state index contributed by atoms with van der Waals surface area (Å²) in [6.45, 7) is 1.30. The first-order valence-electron chi connectivity index (χ1n) is 4.72. The molecule has 2 heteroatoms. The van der Waals surface area contributed by atoms with Gasteiger partial charge in [-0.2, -0.15) is 0 Å². The monoisotopic (exact) mass is 189 g/mol. The van der Waals surface area contributed by atoms with Crippen LogP contribution in [0.4, 0.5) is 0 Å². The lowest BCUT2D eigenvalue weighted by molar-refractivity contribution is 0.175. The van der Waals surface area contributed by atoms with Crippen LogP contribution in [0.2, 0.25) is 0 Å². The van der Waals surface area contributed by atoms with E-state index >= 15 is 0 Å². The van der Waals surface area contributed by atoms with Crippen LogP contribution < -0.4 is 5.32 Å². The summed E-state index contributed by atoms with van der Waals surface area (Å²) in [7, 11) is 0. The molecule has 0 aliphatic carbocycles. The van der Waals surface area contributed by atoms with Crippen LogP contribution >= 0.6 is 0 Å². The van der Waals surface area contributed by atoms with Gasteiger partial charge in [0.1, 0.15) is 0 Å². The maximum Gasteiger partial charge on any atom is 0.0914 e. The van der Waals surface area contributed by atoms with Gasteiger partial charge in [-0.1, -0.05) is 30.3 Å². The van der Waals surface area contributed by atoms with Crippen molar-refractivity contribution in [1.29, 1.82) is 0 Å². The van der Waals surface area contributed by atoms with E-state index in [9.17, 15) is 5.11 Å². The molecule has 14 heavy (non-hydrogen) atoms. The lowest BCUT2D eigenvalue weighted by Crippen LogP contribution is -2.22. The van der Waals surface area contributed by atoms with Gasteiger partial charge in [-0.15, -0.1) is 12.3 Å². The van der Waals surface area contributed by atoms with Crippen molar-refractivity contribution in [3.05, 3.63) is 35.9 Å². The molecule has 1 atom stereocenters. The van der Waals surface area contributed by atoms with Crippen molar-refractivity contribution in [3.8, 4) is 12.3 Å². The predicted molar refractivity (Wildman–Crippen MR) is 57.7 cm³/mol. The average Bonchev–Trinajstić information content (AvgIpc) is 2.25. The third-order valence-corrected chi connectivity index (χ3v) is 1.97. The molecule has 0 aromatic heterocycles. The molecule has 0 aliphatic heterocycles. The molecule has 0 saturated heterocycles. The Kier molecular flexibility index (Phi) is 4.77. The van der Waals surface area contributed by atoms with Crippen molar-refractivity contribution in [2.75, 3.05) is 13.1 Å².